The SMILES string of the molecule is CC(C)CNCc1nnc(Oc2cc(F)ccc2F)s1. The molecule has 0 spiro atoms. The maximum atomic E-state index is 13.4. The monoisotopic (exact) mass is 299 g/mol. The Morgan fingerprint density at radius 2 is 2.10 bits per heavy atom. The number of hydrogen-bond donors (Lipinski definition) is 1. The number of rotatable bonds is 6. The Morgan fingerprint density at radius 1 is 1.30 bits per heavy atom. The summed E-state index contributed by atoms with van der Waals surface area (Å²) in [5.41, 5.74) is 0. The van der Waals surface area contributed by atoms with Crippen LogP contribution >= 0.6 is 11.3 Å². The molecule has 0 bridgehead atoms. The minimum atomic E-state index is -0.638. The fourth-order valence-corrected chi connectivity index (χ4v) is 2.14. The molecule has 0 saturated carbocycles. The Labute approximate surface area is 119 Å². The van der Waals surface area contributed by atoms with E-state index in [1.54, 1.807) is 0 Å². The molecule has 0 atom stereocenters. The smallest absolute Gasteiger partial charge is 0.299 e. The van der Waals surface area contributed by atoms with E-state index in [4.69, 9.17) is 4.74 Å². The van der Waals surface area contributed by atoms with Crippen LogP contribution in [0.2, 0.25) is 0 Å². The van der Waals surface area contributed by atoms with Gasteiger partial charge in [-0.15, -0.1) is 5.10 Å². The van der Waals surface area contributed by atoms with Crippen molar-refractivity contribution in [2.45, 2.75) is 20.4 Å². The number of nitrogens with zero attached hydrogens (tertiary/aromatic N) is 2. The average molecular weight is 299 g/mol. The van der Waals surface area contributed by atoms with E-state index < -0.39 is 11.6 Å². The third-order valence-corrected chi connectivity index (χ3v) is 3.17. The number of hydrogen-bond acceptors (Lipinski definition) is 5. The molecular weight excluding hydrogens is 284 g/mol. The van der Waals surface area contributed by atoms with Crippen molar-refractivity contribution in [2.75, 3.05) is 6.54 Å². The Morgan fingerprint density at radius 3 is 2.85 bits per heavy atom. The Balaban J connectivity index is 1.97. The molecule has 0 aliphatic rings. The van der Waals surface area contributed by atoms with Gasteiger partial charge in [0.15, 0.2) is 11.6 Å². The van der Waals surface area contributed by atoms with Crippen LogP contribution in [0.25, 0.3) is 0 Å². The van der Waals surface area contributed by atoms with Gasteiger partial charge in [-0.25, -0.2) is 8.78 Å². The molecule has 0 saturated heterocycles. The van der Waals surface area contributed by atoms with Crippen molar-refractivity contribution < 1.29 is 13.5 Å². The molecule has 1 heterocycles. The van der Waals surface area contributed by atoms with Gasteiger partial charge in [-0.1, -0.05) is 30.3 Å². The Kier molecular flexibility index (Phi) is 4.97. The minimum Gasteiger partial charge on any atom is -0.427 e. The molecule has 1 N–H and O–H groups in total. The van der Waals surface area contributed by atoms with Gasteiger partial charge in [0.25, 0.3) is 5.19 Å². The first-order valence-corrected chi connectivity index (χ1v) is 7.02. The van der Waals surface area contributed by atoms with E-state index in [2.05, 4.69) is 29.4 Å². The highest BCUT2D eigenvalue weighted by molar-refractivity contribution is 7.13. The lowest BCUT2D eigenvalue weighted by Crippen LogP contribution is -2.18. The standard InChI is InChI=1S/C13H15F2N3OS/c1-8(2)6-16-7-12-17-18-13(20-12)19-11-5-9(14)3-4-10(11)15/h3-5,8,16H,6-7H2,1-2H3. The van der Waals surface area contributed by atoms with Crippen molar-refractivity contribution in [2.24, 2.45) is 5.92 Å². The van der Waals surface area contributed by atoms with Crippen molar-refractivity contribution in [3.05, 3.63) is 34.8 Å². The third-order valence-electron chi connectivity index (χ3n) is 2.37. The molecule has 0 aliphatic heterocycles. The summed E-state index contributed by atoms with van der Waals surface area (Å²) in [5, 5.41) is 11.9. The van der Waals surface area contributed by atoms with Crippen LogP contribution in [0.4, 0.5) is 8.78 Å². The van der Waals surface area contributed by atoms with Crippen LogP contribution in [0.1, 0.15) is 18.9 Å². The summed E-state index contributed by atoms with van der Waals surface area (Å²) >= 11 is 1.20. The largest absolute Gasteiger partial charge is 0.427 e. The van der Waals surface area contributed by atoms with Crippen LogP contribution in [0.5, 0.6) is 10.9 Å². The van der Waals surface area contributed by atoms with Crippen molar-refractivity contribution in [3.63, 3.8) is 0 Å². The molecule has 0 amide bonds. The van der Waals surface area contributed by atoms with Gasteiger partial charge in [-0.05, 0) is 24.6 Å². The van der Waals surface area contributed by atoms with Gasteiger partial charge in [0, 0.05) is 12.6 Å². The number of benzene rings is 1. The first-order chi connectivity index (χ1) is 9.54. The van der Waals surface area contributed by atoms with Gasteiger partial charge in [0.1, 0.15) is 10.8 Å². The van der Waals surface area contributed by atoms with Gasteiger partial charge in [0.05, 0.1) is 0 Å². The highest BCUT2D eigenvalue weighted by Gasteiger charge is 2.10. The van der Waals surface area contributed by atoms with Gasteiger partial charge in [-0.3, -0.25) is 0 Å². The van der Waals surface area contributed by atoms with E-state index in [1.807, 2.05) is 0 Å². The van der Waals surface area contributed by atoms with E-state index in [0.717, 1.165) is 29.8 Å². The second kappa shape index (κ2) is 6.71. The average Bonchev–Trinajstić information content (AvgIpc) is 2.81. The van der Waals surface area contributed by atoms with E-state index in [0.29, 0.717) is 12.5 Å². The van der Waals surface area contributed by atoms with E-state index in [-0.39, 0.29) is 10.9 Å². The zero-order valence-corrected chi connectivity index (χ0v) is 12.0. The van der Waals surface area contributed by atoms with Gasteiger partial charge in [-0.2, -0.15) is 0 Å². The summed E-state index contributed by atoms with van der Waals surface area (Å²) < 4.78 is 31.6. The summed E-state index contributed by atoms with van der Waals surface area (Å²) in [6, 6.07) is 3.02. The van der Waals surface area contributed by atoms with Gasteiger partial charge < -0.3 is 10.1 Å². The Bertz CT molecular complexity index is 574. The van der Waals surface area contributed by atoms with E-state index in [1.165, 1.54) is 11.3 Å². The lowest BCUT2D eigenvalue weighted by Gasteiger charge is -2.04. The number of halogens is 2. The quantitative estimate of drug-likeness (QED) is 0.888. The van der Waals surface area contributed by atoms with Crippen LogP contribution in [0.3, 0.4) is 0 Å². The summed E-state index contributed by atoms with van der Waals surface area (Å²) in [6.45, 7) is 5.65. The molecule has 1 aromatic carbocycles. The zero-order chi connectivity index (χ0) is 14.5. The van der Waals surface area contributed by atoms with Gasteiger partial charge >= 0.3 is 0 Å². The zero-order valence-electron chi connectivity index (χ0n) is 11.2. The number of ether oxygens (including phenoxy) is 1. The van der Waals surface area contributed by atoms with Crippen LogP contribution in [-0.2, 0) is 6.54 Å². The molecule has 4 nitrogen and oxygen atoms in total. The summed E-state index contributed by atoms with van der Waals surface area (Å²) in [4.78, 5) is 0. The van der Waals surface area contributed by atoms with Crippen LogP contribution in [0.15, 0.2) is 18.2 Å². The molecule has 108 valence electrons. The molecule has 0 aliphatic carbocycles. The molecule has 2 rings (SSSR count). The second-order valence-corrected chi connectivity index (χ2v) is 5.69. The maximum Gasteiger partial charge on any atom is 0.299 e. The second-order valence-electron chi connectivity index (χ2n) is 4.66. The normalized spacial score (nSPS) is 11.1. The van der Waals surface area contributed by atoms with Crippen LogP contribution in [0, 0.1) is 17.6 Å². The molecule has 0 fully saturated rings. The van der Waals surface area contributed by atoms with Crippen molar-refractivity contribution in [1.82, 2.24) is 15.5 Å². The number of aromatic nitrogens is 2. The summed E-state index contributed by atoms with van der Waals surface area (Å²) in [6.07, 6.45) is 0. The Hall–Kier alpha value is -1.60. The fraction of sp³-hybridized carbons (Fsp3) is 0.385. The molecule has 0 unspecified atom stereocenters. The summed E-state index contributed by atoms with van der Waals surface area (Å²) in [7, 11) is 0. The molecule has 1 aromatic heterocycles. The first kappa shape index (κ1) is 14.8. The van der Waals surface area contributed by atoms with Crippen molar-refractivity contribution in [1.29, 1.82) is 0 Å². The minimum absolute atomic E-state index is 0.191. The van der Waals surface area contributed by atoms with E-state index in [9.17, 15) is 8.78 Å². The highest BCUT2D eigenvalue weighted by atomic mass is 32.1. The number of nitrogens with one attached hydrogen (secondary N) is 1. The molecule has 2 aromatic rings. The third kappa shape index (κ3) is 4.21. The predicted octanol–water partition coefficient (Wildman–Crippen LogP) is 3.35. The molecule has 7 heteroatoms. The van der Waals surface area contributed by atoms with Crippen LogP contribution < -0.4 is 10.1 Å². The summed E-state index contributed by atoms with van der Waals surface area (Å²) in [5.74, 6) is -0.853. The first-order valence-electron chi connectivity index (χ1n) is 6.20. The van der Waals surface area contributed by atoms with Gasteiger partial charge in [0.2, 0.25) is 0 Å². The molecule has 20 heavy (non-hydrogen) atoms. The lowest BCUT2D eigenvalue weighted by atomic mass is 10.2. The molecule has 0 radical (unpaired) electrons. The van der Waals surface area contributed by atoms with Crippen molar-refractivity contribution >= 4 is 11.3 Å². The van der Waals surface area contributed by atoms with E-state index >= 15 is 0 Å². The van der Waals surface area contributed by atoms with Crippen LogP contribution in [-0.4, -0.2) is 16.7 Å². The topological polar surface area (TPSA) is 47.0 Å². The fourth-order valence-electron chi connectivity index (χ4n) is 1.47. The predicted molar refractivity (Wildman–Crippen MR) is 72.9 cm³/mol. The highest BCUT2D eigenvalue weighted by Crippen LogP contribution is 2.27. The lowest BCUT2D eigenvalue weighted by molar-refractivity contribution is 0.430. The van der Waals surface area contributed by atoms with Crippen molar-refractivity contribution in [3.8, 4) is 10.9 Å². The molecular formula is C13H15F2N3OS. The maximum absolute atomic E-state index is 13.4.